The summed E-state index contributed by atoms with van der Waals surface area (Å²) in [6.45, 7) is 1.23. The maximum Gasteiger partial charge on any atom is 0.272 e. The highest BCUT2D eigenvalue weighted by Crippen LogP contribution is 2.39. The third-order valence-electron chi connectivity index (χ3n) is 5.46. The molecule has 0 saturated carbocycles. The first-order valence-corrected chi connectivity index (χ1v) is 9.22. The first-order chi connectivity index (χ1) is 12.6. The number of nitrogens with one attached hydrogen (secondary N) is 1. The Morgan fingerprint density at radius 1 is 1.15 bits per heavy atom. The molecule has 1 aromatic carbocycles. The standard InChI is InChI=1S/C20H20ClN3O2/c21-15-6-7-17(22-13-15)19(26)24-10-8-20(9-11-24)12-16(18(25)23-20)14-4-2-1-3-5-14/h1-7,13,16H,8-12H2,(H,23,25)/t16-/m0/s1. The number of amides is 2. The molecule has 2 saturated heterocycles. The van der Waals surface area contributed by atoms with Crippen molar-refractivity contribution in [2.24, 2.45) is 0 Å². The van der Waals surface area contributed by atoms with Crippen LogP contribution >= 0.6 is 11.6 Å². The highest BCUT2D eigenvalue weighted by atomic mass is 35.5. The molecular formula is C20H20ClN3O2. The van der Waals surface area contributed by atoms with Gasteiger partial charge in [-0.1, -0.05) is 41.9 Å². The number of likely N-dealkylation sites (tertiary alicyclic amines) is 1. The van der Waals surface area contributed by atoms with Crippen LogP contribution in [0.3, 0.4) is 0 Å². The predicted octanol–water partition coefficient (Wildman–Crippen LogP) is 3.01. The van der Waals surface area contributed by atoms with E-state index in [0.717, 1.165) is 24.8 Å². The molecule has 1 aromatic heterocycles. The van der Waals surface area contributed by atoms with Crippen LogP contribution in [0.2, 0.25) is 5.02 Å². The molecule has 26 heavy (non-hydrogen) atoms. The number of hydrogen-bond donors (Lipinski definition) is 1. The molecule has 0 bridgehead atoms. The molecule has 1 spiro atoms. The Kier molecular flexibility index (Phi) is 4.41. The summed E-state index contributed by atoms with van der Waals surface area (Å²) < 4.78 is 0. The summed E-state index contributed by atoms with van der Waals surface area (Å²) in [4.78, 5) is 31.0. The van der Waals surface area contributed by atoms with E-state index in [4.69, 9.17) is 11.6 Å². The maximum absolute atomic E-state index is 12.6. The molecular weight excluding hydrogens is 350 g/mol. The van der Waals surface area contributed by atoms with Crippen molar-refractivity contribution < 1.29 is 9.59 Å². The van der Waals surface area contributed by atoms with Crippen molar-refractivity contribution in [2.45, 2.75) is 30.7 Å². The molecule has 0 radical (unpaired) electrons. The first-order valence-electron chi connectivity index (χ1n) is 8.84. The van der Waals surface area contributed by atoms with Crippen molar-refractivity contribution in [1.29, 1.82) is 0 Å². The number of piperidine rings is 1. The summed E-state index contributed by atoms with van der Waals surface area (Å²) >= 11 is 5.83. The Morgan fingerprint density at radius 3 is 2.54 bits per heavy atom. The van der Waals surface area contributed by atoms with E-state index in [9.17, 15) is 9.59 Å². The zero-order chi connectivity index (χ0) is 18.1. The number of pyridine rings is 1. The fourth-order valence-corrected chi connectivity index (χ4v) is 4.08. The number of nitrogens with zero attached hydrogens (tertiary/aromatic N) is 2. The van der Waals surface area contributed by atoms with E-state index in [2.05, 4.69) is 10.3 Å². The van der Waals surface area contributed by atoms with Gasteiger partial charge in [0, 0.05) is 24.8 Å². The van der Waals surface area contributed by atoms with E-state index in [1.807, 2.05) is 35.2 Å². The first kappa shape index (κ1) is 17.0. The Hall–Kier alpha value is -2.40. The summed E-state index contributed by atoms with van der Waals surface area (Å²) in [6, 6.07) is 13.2. The minimum absolute atomic E-state index is 0.0829. The van der Waals surface area contributed by atoms with Gasteiger partial charge in [-0.3, -0.25) is 9.59 Å². The highest BCUT2D eigenvalue weighted by molar-refractivity contribution is 6.30. The molecule has 2 fully saturated rings. The molecule has 0 unspecified atom stereocenters. The number of rotatable bonds is 2. The molecule has 6 heteroatoms. The van der Waals surface area contributed by atoms with Crippen molar-refractivity contribution in [2.75, 3.05) is 13.1 Å². The molecule has 2 aliphatic rings. The van der Waals surface area contributed by atoms with Crippen LogP contribution in [0.4, 0.5) is 0 Å². The van der Waals surface area contributed by atoms with E-state index in [1.54, 1.807) is 12.1 Å². The van der Waals surface area contributed by atoms with E-state index >= 15 is 0 Å². The lowest BCUT2D eigenvalue weighted by atomic mass is 9.82. The van der Waals surface area contributed by atoms with Crippen molar-refractivity contribution in [3.05, 3.63) is 64.9 Å². The zero-order valence-electron chi connectivity index (χ0n) is 14.3. The van der Waals surface area contributed by atoms with Gasteiger partial charge >= 0.3 is 0 Å². The second-order valence-corrected chi connectivity index (χ2v) is 7.53. The Balaban J connectivity index is 1.43. The van der Waals surface area contributed by atoms with Crippen molar-refractivity contribution >= 4 is 23.4 Å². The lowest BCUT2D eigenvalue weighted by Gasteiger charge is -2.39. The molecule has 1 atom stereocenters. The number of halogens is 1. The van der Waals surface area contributed by atoms with E-state index in [0.29, 0.717) is 23.8 Å². The van der Waals surface area contributed by atoms with Gasteiger partial charge < -0.3 is 10.2 Å². The quantitative estimate of drug-likeness (QED) is 0.885. The molecule has 134 valence electrons. The number of carbonyl (C=O) groups is 2. The van der Waals surface area contributed by atoms with Crippen LogP contribution in [-0.4, -0.2) is 40.3 Å². The molecule has 5 nitrogen and oxygen atoms in total. The van der Waals surface area contributed by atoms with Gasteiger partial charge in [-0.05, 0) is 37.0 Å². The van der Waals surface area contributed by atoms with Gasteiger partial charge in [0.25, 0.3) is 5.91 Å². The van der Waals surface area contributed by atoms with Gasteiger partial charge in [0.2, 0.25) is 5.91 Å². The van der Waals surface area contributed by atoms with E-state index < -0.39 is 0 Å². The summed E-state index contributed by atoms with van der Waals surface area (Å²) in [5.41, 5.74) is 1.26. The average molecular weight is 370 g/mol. The molecule has 2 amide bonds. The normalized spacial score (nSPS) is 21.7. The van der Waals surface area contributed by atoms with Crippen molar-refractivity contribution in [3.63, 3.8) is 0 Å². The van der Waals surface area contributed by atoms with Crippen LogP contribution in [0.1, 0.15) is 41.2 Å². The molecule has 2 aromatic rings. The van der Waals surface area contributed by atoms with Crippen LogP contribution in [0.5, 0.6) is 0 Å². The lowest BCUT2D eigenvalue weighted by Crippen LogP contribution is -2.52. The zero-order valence-corrected chi connectivity index (χ0v) is 15.1. The fourth-order valence-electron chi connectivity index (χ4n) is 3.97. The maximum atomic E-state index is 12.6. The van der Waals surface area contributed by atoms with Gasteiger partial charge in [-0.2, -0.15) is 0 Å². The average Bonchev–Trinajstić information content (AvgIpc) is 2.99. The van der Waals surface area contributed by atoms with Gasteiger partial charge in [-0.15, -0.1) is 0 Å². The number of benzene rings is 1. The van der Waals surface area contributed by atoms with Crippen molar-refractivity contribution in [3.8, 4) is 0 Å². The largest absolute Gasteiger partial charge is 0.350 e. The van der Waals surface area contributed by atoms with Gasteiger partial charge in [-0.25, -0.2) is 4.98 Å². The Labute approximate surface area is 157 Å². The summed E-state index contributed by atoms with van der Waals surface area (Å²) in [6.07, 6.45) is 3.81. The van der Waals surface area contributed by atoms with Crippen LogP contribution in [0.15, 0.2) is 48.7 Å². The Morgan fingerprint density at radius 2 is 1.88 bits per heavy atom. The van der Waals surface area contributed by atoms with E-state index in [-0.39, 0.29) is 23.3 Å². The van der Waals surface area contributed by atoms with Crippen LogP contribution in [0.25, 0.3) is 0 Å². The van der Waals surface area contributed by atoms with Gasteiger partial charge in [0.15, 0.2) is 0 Å². The van der Waals surface area contributed by atoms with Gasteiger partial charge in [0.05, 0.1) is 10.9 Å². The molecule has 2 aliphatic heterocycles. The number of carbonyl (C=O) groups excluding carboxylic acids is 2. The third kappa shape index (κ3) is 3.19. The summed E-state index contributed by atoms with van der Waals surface area (Å²) in [7, 11) is 0. The SMILES string of the molecule is O=C1NC2(CCN(C(=O)c3ccc(Cl)cn3)CC2)C[C@H]1c1ccccc1. The van der Waals surface area contributed by atoms with Crippen molar-refractivity contribution in [1.82, 2.24) is 15.2 Å². The second-order valence-electron chi connectivity index (χ2n) is 7.09. The second kappa shape index (κ2) is 6.72. The highest BCUT2D eigenvalue weighted by Gasteiger charge is 2.46. The topological polar surface area (TPSA) is 62.3 Å². The summed E-state index contributed by atoms with van der Waals surface area (Å²) in [5, 5.41) is 3.73. The minimum atomic E-state index is -0.207. The fraction of sp³-hybridized carbons (Fsp3) is 0.350. The van der Waals surface area contributed by atoms with Gasteiger partial charge in [0.1, 0.15) is 5.69 Å². The monoisotopic (exact) mass is 369 g/mol. The molecule has 0 aliphatic carbocycles. The summed E-state index contributed by atoms with van der Waals surface area (Å²) in [5.74, 6) is -0.0906. The molecule has 1 N–H and O–H groups in total. The lowest BCUT2D eigenvalue weighted by molar-refractivity contribution is -0.121. The Bertz CT molecular complexity index is 815. The molecule has 3 heterocycles. The van der Waals surface area contributed by atoms with Crippen LogP contribution in [-0.2, 0) is 4.79 Å². The number of aromatic nitrogens is 1. The number of hydrogen-bond acceptors (Lipinski definition) is 3. The third-order valence-corrected chi connectivity index (χ3v) is 5.68. The smallest absolute Gasteiger partial charge is 0.272 e. The van der Waals surface area contributed by atoms with E-state index in [1.165, 1.54) is 6.20 Å². The predicted molar refractivity (Wildman–Crippen MR) is 99.1 cm³/mol. The van der Waals surface area contributed by atoms with Crippen LogP contribution in [0, 0.1) is 0 Å². The minimum Gasteiger partial charge on any atom is -0.350 e. The van der Waals surface area contributed by atoms with Crippen LogP contribution < -0.4 is 5.32 Å². The molecule has 4 rings (SSSR count).